The Hall–Kier alpha value is -2.31. The highest BCUT2D eigenvalue weighted by atomic mass is 32.2. The summed E-state index contributed by atoms with van der Waals surface area (Å²) < 4.78 is 52.4. The molecular weight excluding hydrogens is 452 g/mol. The van der Waals surface area contributed by atoms with Crippen LogP contribution in [0.25, 0.3) is 11.1 Å². The molecule has 0 saturated carbocycles. The summed E-state index contributed by atoms with van der Waals surface area (Å²) in [6.07, 6.45) is 1.20. The van der Waals surface area contributed by atoms with Crippen LogP contribution in [0.5, 0.6) is 0 Å². The van der Waals surface area contributed by atoms with Crippen molar-refractivity contribution in [1.82, 2.24) is 13.9 Å². The monoisotopic (exact) mass is 480 g/mol. The fourth-order valence-electron chi connectivity index (χ4n) is 3.48. The average molecular weight is 481 g/mol. The molecule has 2 aromatic carbocycles. The molecule has 1 saturated heterocycles. The number of benzene rings is 2. The first-order valence-electron chi connectivity index (χ1n) is 10.2. The number of nitrogens with zero attached hydrogens (tertiary/aromatic N) is 2. The van der Waals surface area contributed by atoms with E-state index in [4.69, 9.17) is 0 Å². The van der Waals surface area contributed by atoms with Gasteiger partial charge in [0, 0.05) is 51.9 Å². The van der Waals surface area contributed by atoms with Gasteiger partial charge in [0.15, 0.2) is 0 Å². The van der Waals surface area contributed by atoms with E-state index in [1.807, 2.05) is 17.0 Å². The molecule has 1 heterocycles. The van der Waals surface area contributed by atoms with Crippen LogP contribution < -0.4 is 10.0 Å². The van der Waals surface area contributed by atoms with Crippen molar-refractivity contribution in [2.75, 3.05) is 50.8 Å². The van der Waals surface area contributed by atoms with Gasteiger partial charge in [0.1, 0.15) is 0 Å². The lowest BCUT2D eigenvalue weighted by Crippen LogP contribution is -2.49. The van der Waals surface area contributed by atoms with Crippen LogP contribution in [0, 0.1) is 0 Å². The Morgan fingerprint density at radius 3 is 1.91 bits per heavy atom. The van der Waals surface area contributed by atoms with Gasteiger partial charge in [-0.25, -0.2) is 21.6 Å². The molecule has 0 spiro atoms. The van der Waals surface area contributed by atoms with E-state index < -0.39 is 20.0 Å². The molecular formula is C21H28N4O5S2. The summed E-state index contributed by atoms with van der Waals surface area (Å²) in [5, 5.41) is 2.71. The molecule has 3 rings (SSSR count). The van der Waals surface area contributed by atoms with E-state index in [9.17, 15) is 21.6 Å². The maximum absolute atomic E-state index is 12.6. The molecule has 0 unspecified atom stereocenters. The van der Waals surface area contributed by atoms with Gasteiger partial charge in [-0.05, 0) is 35.4 Å². The quantitative estimate of drug-likeness (QED) is 0.586. The highest BCUT2D eigenvalue weighted by molar-refractivity contribution is 7.89. The number of carbonyl (C=O) groups excluding carboxylic acids is 1. The molecule has 0 aliphatic carbocycles. The van der Waals surface area contributed by atoms with Crippen LogP contribution in [0.4, 0.5) is 5.69 Å². The summed E-state index contributed by atoms with van der Waals surface area (Å²) in [5.74, 6) is -0.143. The van der Waals surface area contributed by atoms with Crippen molar-refractivity contribution in [3.05, 3.63) is 48.5 Å². The van der Waals surface area contributed by atoms with Crippen LogP contribution in [-0.4, -0.2) is 77.5 Å². The van der Waals surface area contributed by atoms with Crippen LogP contribution in [-0.2, 0) is 24.8 Å². The molecule has 1 aliphatic rings. The fourth-order valence-corrected chi connectivity index (χ4v) is 5.33. The van der Waals surface area contributed by atoms with Gasteiger partial charge in [-0.1, -0.05) is 24.3 Å². The fraction of sp³-hybridized carbons (Fsp3) is 0.381. The minimum Gasteiger partial charge on any atom is -0.326 e. The molecule has 0 atom stereocenters. The third kappa shape index (κ3) is 6.59. The predicted molar refractivity (Wildman–Crippen MR) is 124 cm³/mol. The van der Waals surface area contributed by atoms with Crippen molar-refractivity contribution in [2.45, 2.75) is 11.8 Å². The predicted octanol–water partition coefficient (Wildman–Crippen LogP) is 1.17. The number of rotatable bonds is 8. The highest BCUT2D eigenvalue weighted by Crippen LogP contribution is 2.23. The lowest BCUT2D eigenvalue weighted by molar-refractivity contribution is -0.114. The number of nitrogens with one attached hydrogen (secondary N) is 2. The van der Waals surface area contributed by atoms with Gasteiger partial charge >= 0.3 is 0 Å². The van der Waals surface area contributed by atoms with Gasteiger partial charge in [0.05, 0.1) is 11.2 Å². The molecule has 2 N–H and O–H groups in total. The summed E-state index contributed by atoms with van der Waals surface area (Å²) in [6.45, 7) is 4.18. The summed E-state index contributed by atoms with van der Waals surface area (Å²) in [4.78, 5) is 13.3. The highest BCUT2D eigenvalue weighted by Gasteiger charge is 2.23. The molecule has 0 aromatic heterocycles. The van der Waals surface area contributed by atoms with Crippen LogP contribution in [0.1, 0.15) is 6.92 Å². The first kappa shape index (κ1) is 24.3. The molecule has 0 bridgehead atoms. The molecule has 2 aromatic rings. The molecule has 1 aliphatic heterocycles. The Morgan fingerprint density at radius 1 is 0.875 bits per heavy atom. The summed E-state index contributed by atoms with van der Waals surface area (Å²) in [6, 6.07) is 13.9. The molecule has 11 heteroatoms. The van der Waals surface area contributed by atoms with E-state index in [1.54, 1.807) is 36.4 Å². The van der Waals surface area contributed by atoms with Crippen LogP contribution in [0.2, 0.25) is 0 Å². The second kappa shape index (κ2) is 10.1. The van der Waals surface area contributed by atoms with Crippen molar-refractivity contribution in [3.8, 4) is 11.1 Å². The minimum absolute atomic E-state index is 0.143. The first-order valence-corrected chi connectivity index (χ1v) is 13.5. The van der Waals surface area contributed by atoms with Crippen molar-refractivity contribution in [2.24, 2.45) is 0 Å². The molecule has 0 radical (unpaired) electrons. The van der Waals surface area contributed by atoms with E-state index >= 15 is 0 Å². The zero-order chi connectivity index (χ0) is 23.4. The van der Waals surface area contributed by atoms with Gasteiger partial charge in [0.25, 0.3) is 0 Å². The average Bonchev–Trinajstić information content (AvgIpc) is 2.74. The summed E-state index contributed by atoms with van der Waals surface area (Å²) >= 11 is 0. The number of carbonyl (C=O) groups is 1. The van der Waals surface area contributed by atoms with E-state index in [0.717, 1.165) is 11.1 Å². The first-order chi connectivity index (χ1) is 15.0. The zero-order valence-electron chi connectivity index (χ0n) is 18.1. The van der Waals surface area contributed by atoms with Gasteiger partial charge < -0.3 is 5.32 Å². The SMILES string of the molecule is CC(=O)Nc1ccc(-c2ccc(S(=O)(=O)NCCN3CCN(S(C)(=O)=O)CC3)cc2)cc1. The zero-order valence-corrected chi connectivity index (χ0v) is 19.7. The number of sulfonamides is 2. The van der Waals surface area contributed by atoms with Crippen molar-refractivity contribution < 1.29 is 21.6 Å². The minimum atomic E-state index is -3.64. The number of hydrogen-bond acceptors (Lipinski definition) is 6. The Labute approximate surface area is 189 Å². The number of hydrogen-bond donors (Lipinski definition) is 2. The Balaban J connectivity index is 1.53. The lowest BCUT2D eigenvalue weighted by atomic mass is 10.1. The van der Waals surface area contributed by atoms with Crippen LogP contribution >= 0.6 is 0 Å². The Kier molecular flexibility index (Phi) is 7.67. The van der Waals surface area contributed by atoms with Gasteiger partial charge in [-0.15, -0.1) is 0 Å². The topological polar surface area (TPSA) is 116 Å². The van der Waals surface area contributed by atoms with Crippen LogP contribution in [0.3, 0.4) is 0 Å². The van der Waals surface area contributed by atoms with Crippen molar-refractivity contribution in [1.29, 1.82) is 0 Å². The number of anilines is 1. The van der Waals surface area contributed by atoms with Crippen molar-refractivity contribution >= 4 is 31.6 Å². The van der Waals surface area contributed by atoms with E-state index in [1.165, 1.54) is 17.5 Å². The van der Waals surface area contributed by atoms with Crippen molar-refractivity contribution in [3.63, 3.8) is 0 Å². The molecule has 9 nitrogen and oxygen atoms in total. The van der Waals surface area contributed by atoms with Gasteiger partial charge in [-0.3, -0.25) is 9.69 Å². The maximum atomic E-state index is 12.6. The van der Waals surface area contributed by atoms with E-state index in [2.05, 4.69) is 10.0 Å². The standard InChI is InChI=1S/C21H28N4O5S2/c1-17(26)23-20-7-3-18(4-8-20)19-5-9-21(10-6-19)32(29,30)22-11-12-24-13-15-25(16-14-24)31(2,27)28/h3-10,22H,11-16H2,1-2H3,(H,23,26). The molecule has 1 fully saturated rings. The van der Waals surface area contributed by atoms with E-state index in [0.29, 0.717) is 38.4 Å². The third-order valence-electron chi connectivity index (χ3n) is 5.22. The Morgan fingerprint density at radius 2 is 1.41 bits per heavy atom. The largest absolute Gasteiger partial charge is 0.326 e. The maximum Gasteiger partial charge on any atom is 0.240 e. The second-order valence-electron chi connectivity index (χ2n) is 7.68. The second-order valence-corrected chi connectivity index (χ2v) is 11.4. The van der Waals surface area contributed by atoms with E-state index in [-0.39, 0.29) is 17.3 Å². The van der Waals surface area contributed by atoms with Gasteiger partial charge in [0.2, 0.25) is 26.0 Å². The summed E-state index contributed by atoms with van der Waals surface area (Å²) in [7, 11) is -6.83. The summed E-state index contributed by atoms with van der Waals surface area (Å²) in [5.41, 5.74) is 2.47. The van der Waals surface area contributed by atoms with Crippen LogP contribution in [0.15, 0.2) is 53.4 Å². The smallest absolute Gasteiger partial charge is 0.240 e. The van der Waals surface area contributed by atoms with Gasteiger partial charge in [-0.2, -0.15) is 4.31 Å². The molecule has 174 valence electrons. The number of piperazine rings is 1. The molecule has 1 amide bonds. The number of amides is 1. The third-order valence-corrected chi connectivity index (χ3v) is 8.00. The lowest BCUT2D eigenvalue weighted by Gasteiger charge is -2.33. The Bertz CT molecular complexity index is 1140. The molecule has 32 heavy (non-hydrogen) atoms. The normalized spacial score (nSPS) is 16.1.